The summed E-state index contributed by atoms with van der Waals surface area (Å²) >= 11 is 13.7. The van der Waals surface area contributed by atoms with Gasteiger partial charge in [-0.25, -0.2) is 0 Å². The van der Waals surface area contributed by atoms with Crippen LogP contribution in [0.25, 0.3) is 0 Å². The molecule has 3 heteroatoms. The van der Waals surface area contributed by atoms with Gasteiger partial charge < -0.3 is 0 Å². The zero-order valence-electron chi connectivity index (χ0n) is 11.1. The second-order valence-corrected chi connectivity index (χ2v) is 7.02. The Balaban J connectivity index is 2.49. The van der Waals surface area contributed by atoms with E-state index in [2.05, 4.69) is 70.0 Å². The van der Waals surface area contributed by atoms with Gasteiger partial charge in [0.25, 0.3) is 0 Å². The Morgan fingerprint density at radius 2 is 1.63 bits per heavy atom. The van der Waals surface area contributed by atoms with Crippen LogP contribution in [0.3, 0.4) is 0 Å². The molecule has 2 aromatic rings. The zero-order valence-corrected chi connectivity index (χ0v) is 15.0. The Morgan fingerprint density at radius 3 is 2.26 bits per heavy atom. The van der Waals surface area contributed by atoms with Crippen LogP contribution >= 0.6 is 43.5 Å². The number of hydrogen-bond donors (Lipinski definition) is 0. The van der Waals surface area contributed by atoms with Crippen LogP contribution in [0.4, 0.5) is 0 Å². The topological polar surface area (TPSA) is 0 Å². The van der Waals surface area contributed by atoms with Crippen LogP contribution in [-0.4, -0.2) is 0 Å². The number of halogens is 3. The number of rotatable bonds is 2. The highest BCUT2D eigenvalue weighted by Gasteiger charge is 2.16. The van der Waals surface area contributed by atoms with E-state index < -0.39 is 0 Å². The third-order valence-corrected chi connectivity index (χ3v) is 5.42. The molecule has 1 atom stereocenters. The molecular weight excluding hydrogens is 387 g/mol. The average molecular weight is 403 g/mol. The molecule has 0 nitrogen and oxygen atoms in total. The first kappa shape index (κ1) is 15.1. The zero-order chi connectivity index (χ0) is 14.2. The van der Waals surface area contributed by atoms with Crippen LogP contribution in [0.2, 0.25) is 5.02 Å². The van der Waals surface area contributed by atoms with Crippen molar-refractivity contribution in [1.82, 2.24) is 0 Å². The maximum Gasteiger partial charge on any atom is 0.0661 e. The van der Waals surface area contributed by atoms with Crippen molar-refractivity contribution in [1.29, 1.82) is 0 Å². The minimum atomic E-state index is 0.118. The summed E-state index contributed by atoms with van der Waals surface area (Å²) in [6.45, 7) is 6.27. The molecule has 0 fully saturated rings. The van der Waals surface area contributed by atoms with Gasteiger partial charge in [0.15, 0.2) is 0 Å². The lowest BCUT2D eigenvalue weighted by Crippen LogP contribution is -1.98. The highest BCUT2D eigenvalue weighted by molar-refractivity contribution is 9.10. The largest absolute Gasteiger partial charge is 0.0840 e. The number of hydrogen-bond acceptors (Lipinski definition) is 0. The molecule has 1 unspecified atom stereocenters. The molecule has 0 aliphatic carbocycles. The third-order valence-electron chi connectivity index (χ3n) is 3.25. The van der Waals surface area contributed by atoms with Gasteiger partial charge in [0.1, 0.15) is 0 Å². The molecule has 0 amide bonds. The Bertz CT molecular complexity index is 620. The van der Waals surface area contributed by atoms with E-state index in [1.165, 1.54) is 22.3 Å². The first-order valence-corrected chi connectivity index (χ1v) is 8.15. The third kappa shape index (κ3) is 3.24. The summed E-state index contributed by atoms with van der Waals surface area (Å²) in [5.74, 6) is 0. The summed E-state index contributed by atoms with van der Waals surface area (Å²) in [6, 6.07) is 10.5. The molecule has 2 aromatic carbocycles. The molecule has 0 saturated carbocycles. The van der Waals surface area contributed by atoms with E-state index in [0.717, 1.165) is 15.1 Å². The molecule has 0 heterocycles. The van der Waals surface area contributed by atoms with Crippen molar-refractivity contribution in [2.45, 2.75) is 25.6 Å². The first-order valence-electron chi connectivity index (χ1n) is 6.07. The summed E-state index contributed by atoms with van der Waals surface area (Å²) in [5, 5.41) is 0.807. The van der Waals surface area contributed by atoms with E-state index in [0.29, 0.717) is 0 Å². The van der Waals surface area contributed by atoms with E-state index in [1.807, 2.05) is 13.0 Å². The van der Waals surface area contributed by atoms with E-state index in [1.54, 1.807) is 0 Å². The van der Waals surface area contributed by atoms with Crippen molar-refractivity contribution in [3.63, 3.8) is 0 Å². The highest BCUT2D eigenvalue weighted by Crippen LogP contribution is 2.38. The number of alkyl halides is 1. The molecule has 19 heavy (non-hydrogen) atoms. The van der Waals surface area contributed by atoms with Crippen LogP contribution in [0.15, 0.2) is 34.8 Å². The molecular formula is C16H15Br2Cl. The van der Waals surface area contributed by atoms with Crippen LogP contribution in [0, 0.1) is 20.8 Å². The van der Waals surface area contributed by atoms with Gasteiger partial charge in [-0.1, -0.05) is 61.7 Å². The molecule has 0 spiro atoms. The maximum atomic E-state index is 6.36. The summed E-state index contributed by atoms with van der Waals surface area (Å²) < 4.78 is 1.14. The quantitative estimate of drug-likeness (QED) is 0.502. The molecule has 0 radical (unpaired) electrons. The van der Waals surface area contributed by atoms with Gasteiger partial charge in [-0.15, -0.1) is 0 Å². The van der Waals surface area contributed by atoms with Crippen LogP contribution in [-0.2, 0) is 0 Å². The van der Waals surface area contributed by atoms with Crippen molar-refractivity contribution >= 4 is 43.5 Å². The summed E-state index contributed by atoms with van der Waals surface area (Å²) in [4.78, 5) is 0.118. The van der Waals surface area contributed by atoms with Crippen LogP contribution in [0.5, 0.6) is 0 Å². The Morgan fingerprint density at radius 1 is 0.947 bits per heavy atom. The molecule has 0 N–H and O–H groups in total. The fourth-order valence-corrected chi connectivity index (χ4v) is 3.91. The lowest BCUT2D eigenvalue weighted by Gasteiger charge is -2.17. The molecule has 2 rings (SSSR count). The second-order valence-electron chi connectivity index (χ2n) is 4.85. The first-order chi connectivity index (χ1) is 8.90. The SMILES string of the molecule is Cc1ccc(C(Br)c2cc(C)c(Br)cc2C)c(Cl)c1. The van der Waals surface area contributed by atoms with Crippen molar-refractivity contribution in [3.05, 3.63) is 67.6 Å². The van der Waals surface area contributed by atoms with Crippen molar-refractivity contribution < 1.29 is 0 Å². The Kier molecular flexibility index (Phi) is 4.75. The molecule has 0 aliphatic heterocycles. The lowest BCUT2D eigenvalue weighted by atomic mass is 9.98. The average Bonchev–Trinajstić information content (AvgIpc) is 2.33. The van der Waals surface area contributed by atoms with E-state index in [9.17, 15) is 0 Å². The minimum absolute atomic E-state index is 0.118. The summed E-state index contributed by atoms with van der Waals surface area (Å²) in [7, 11) is 0. The van der Waals surface area contributed by atoms with Crippen LogP contribution < -0.4 is 0 Å². The van der Waals surface area contributed by atoms with Gasteiger partial charge in [0.2, 0.25) is 0 Å². The van der Waals surface area contributed by atoms with Gasteiger partial charge in [-0.05, 0) is 60.7 Å². The molecule has 0 aliphatic rings. The summed E-state index contributed by atoms with van der Waals surface area (Å²) in [6.07, 6.45) is 0. The highest BCUT2D eigenvalue weighted by atomic mass is 79.9. The van der Waals surface area contributed by atoms with Crippen LogP contribution in [0.1, 0.15) is 32.6 Å². The Hall–Kier alpha value is -0.310. The van der Waals surface area contributed by atoms with E-state index in [-0.39, 0.29) is 4.83 Å². The van der Waals surface area contributed by atoms with Crippen molar-refractivity contribution in [3.8, 4) is 0 Å². The van der Waals surface area contributed by atoms with Crippen molar-refractivity contribution in [2.24, 2.45) is 0 Å². The van der Waals surface area contributed by atoms with Crippen molar-refractivity contribution in [2.75, 3.05) is 0 Å². The monoisotopic (exact) mass is 400 g/mol. The number of benzene rings is 2. The number of aryl methyl sites for hydroxylation is 3. The van der Waals surface area contributed by atoms with Gasteiger partial charge in [-0.3, -0.25) is 0 Å². The lowest BCUT2D eigenvalue weighted by molar-refractivity contribution is 1.12. The van der Waals surface area contributed by atoms with Gasteiger partial charge >= 0.3 is 0 Å². The van der Waals surface area contributed by atoms with Gasteiger partial charge in [0.05, 0.1) is 4.83 Å². The molecule has 0 saturated heterocycles. The fraction of sp³-hybridized carbons (Fsp3) is 0.250. The molecule has 0 bridgehead atoms. The van der Waals surface area contributed by atoms with Gasteiger partial charge in [-0.2, -0.15) is 0 Å². The van der Waals surface area contributed by atoms with Gasteiger partial charge in [0, 0.05) is 9.50 Å². The normalized spacial score (nSPS) is 12.5. The molecule has 100 valence electrons. The fourth-order valence-electron chi connectivity index (χ4n) is 2.08. The predicted octanol–water partition coefficient (Wildman–Crippen LogP) is 6.51. The van der Waals surface area contributed by atoms with E-state index >= 15 is 0 Å². The standard InChI is InChI=1S/C16H15Br2Cl/c1-9-4-5-12(15(19)6-9)16(18)13-7-11(3)14(17)8-10(13)2/h4-8,16H,1-3H3. The second kappa shape index (κ2) is 5.99. The minimum Gasteiger partial charge on any atom is -0.0840 e. The maximum absolute atomic E-state index is 6.36. The van der Waals surface area contributed by atoms with E-state index in [4.69, 9.17) is 11.6 Å². The Labute approximate surface area is 136 Å². The summed E-state index contributed by atoms with van der Waals surface area (Å²) in [5.41, 5.74) is 6.02. The smallest absolute Gasteiger partial charge is 0.0661 e. The molecule has 0 aromatic heterocycles. The predicted molar refractivity (Wildman–Crippen MR) is 90.6 cm³/mol.